The fourth-order valence-corrected chi connectivity index (χ4v) is 2.16. The Morgan fingerprint density at radius 3 is 2.50 bits per heavy atom. The first-order chi connectivity index (χ1) is 11.6. The number of esters is 1. The SMILES string of the molecule is COC(=O)c1ccccc1NC(=O)C(C#N)=Cc1ccccc1Cl. The van der Waals surface area contributed by atoms with Crippen molar-refractivity contribution in [3.05, 3.63) is 70.3 Å². The monoisotopic (exact) mass is 340 g/mol. The third kappa shape index (κ3) is 4.00. The summed E-state index contributed by atoms with van der Waals surface area (Å²) in [6.45, 7) is 0. The van der Waals surface area contributed by atoms with Gasteiger partial charge in [-0.05, 0) is 29.8 Å². The minimum Gasteiger partial charge on any atom is -0.465 e. The van der Waals surface area contributed by atoms with Crippen molar-refractivity contribution in [2.75, 3.05) is 12.4 Å². The molecule has 5 nitrogen and oxygen atoms in total. The Labute approximate surface area is 144 Å². The van der Waals surface area contributed by atoms with E-state index in [1.165, 1.54) is 19.3 Å². The molecule has 1 N–H and O–H groups in total. The van der Waals surface area contributed by atoms with Crippen LogP contribution in [0, 0.1) is 11.3 Å². The number of rotatable bonds is 4. The van der Waals surface area contributed by atoms with Crippen LogP contribution in [0.15, 0.2) is 54.1 Å². The van der Waals surface area contributed by atoms with E-state index in [2.05, 4.69) is 10.1 Å². The summed E-state index contributed by atoms with van der Waals surface area (Å²) in [5.74, 6) is -1.23. The smallest absolute Gasteiger partial charge is 0.339 e. The van der Waals surface area contributed by atoms with Crippen LogP contribution in [-0.4, -0.2) is 19.0 Å². The first-order valence-electron chi connectivity index (χ1n) is 6.92. The molecule has 2 aromatic carbocycles. The maximum atomic E-state index is 12.3. The molecule has 0 aliphatic carbocycles. The van der Waals surface area contributed by atoms with Gasteiger partial charge in [0.2, 0.25) is 0 Å². The van der Waals surface area contributed by atoms with Crippen molar-refractivity contribution in [3.8, 4) is 6.07 Å². The Bertz CT molecular complexity index is 853. The lowest BCUT2D eigenvalue weighted by Crippen LogP contribution is -2.16. The van der Waals surface area contributed by atoms with E-state index in [0.29, 0.717) is 10.6 Å². The minimum absolute atomic E-state index is 0.136. The molecule has 1 amide bonds. The number of anilines is 1. The van der Waals surface area contributed by atoms with Crippen LogP contribution in [0.25, 0.3) is 6.08 Å². The van der Waals surface area contributed by atoms with Gasteiger partial charge in [-0.15, -0.1) is 0 Å². The van der Waals surface area contributed by atoms with Crippen LogP contribution < -0.4 is 5.32 Å². The van der Waals surface area contributed by atoms with Crippen LogP contribution in [-0.2, 0) is 9.53 Å². The van der Waals surface area contributed by atoms with E-state index in [4.69, 9.17) is 11.6 Å². The van der Waals surface area contributed by atoms with E-state index in [9.17, 15) is 14.9 Å². The van der Waals surface area contributed by atoms with Gasteiger partial charge < -0.3 is 10.1 Å². The van der Waals surface area contributed by atoms with Gasteiger partial charge in [0.15, 0.2) is 0 Å². The summed E-state index contributed by atoms with van der Waals surface area (Å²) in [5.41, 5.74) is 0.868. The first kappa shape index (κ1) is 17.3. The summed E-state index contributed by atoms with van der Waals surface area (Å²) in [4.78, 5) is 24.0. The molecule has 0 spiro atoms. The molecule has 0 saturated carbocycles. The molecule has 0 fully saturated rings. The highest BCUT2D eigenvalue weighted by atomic mass is 35.5. The lowest BCUT2D eigenvalue weighted by atomic mass is 10.1. The third-order valence-electron chi connectivity index (χ3n) is 3.15. The Balaban J connectivity index is 2.31. The van der Waals surface area contributed by atoms with Gasteiger partial charge in [0.05, 0.1) is 18.4 Å². The number of nitriles is 1. The van der Waals surface area contributed by atoms with Gasteiger partial charge in [-0.3, -0.25) is 4.79 Å². The molecule has 2 aromatic rings. The zero-order valence-electron chi connectivity index (χ0n) is 12.7. The van der Waals surface area contributed by atoms with Crippen LogP contribution in [0.5, 0.6) is 0 Å². The van der Waals surface area contributed by atoms with Gasteiger partial charge in [0.1, 0.15) is 11.6 Å². The summed E-state index contributed by atoms with van der Waals surface area (Å²) < 4.78 is 4.67. The average molecular weight is 341 g/mol. The Hall–Kier alpha value is -3.10. The summed E-state index contributed by atoms with van der Waals surface area (Å²) in [6.07, 6.45) is 1.39. The molecule has 2 rings (SSSR count). The second-order valence-corrected chi connectivity index (χ2v) is 5.09. The maximum Gasteiger partial charge on any atom is 0.339 e. The predicted molar refractivity (Wildman–Crippen MR) is 91.5 cm³/mol. The minimum atomic E-state index is -0.645. The highest BCUT2D eigenvalue weighted by Gasteiger charge is 2.16. The molecule has 0 aliphatic heterocycles. The maximum absolute atomic E-state index is 12.3. The van der Waals surface area contributed by atoms with Gasteiger partial charge in [-0.25, -0.2) is 4.79 Å². The molecule has 0 aromatic heterocycles. The van der Waals surface area contributed by atoms with Crippen molar-refractivity contribution < 1.29 is 14.3 Å². The van der Waals surface area contributed by atoms with Crippen LogP contribution >= 0.6 is 11.6 Å². The Kier molecular flexibility index (Phi) is 5.72. The lowest BCUT2D eigenvalue weighted by Gasteiger charge is -2.09. The highest BCUT2D eigenvalue weighted by molar-refractivity contribution is 6.32. The van der Waals surface area contributed by atoms with Crippen molar-refractivity contribution in [1.29, 1.82) is 5.26 Å². The number of nitrogens with zero attached hydrogens (tertiary/aromatic N) is 1. The normalized spacial score (nSPS) is 10.6. The Morgan fingerprint density at radius 1 is 1.17 bits per heavy atom. The van der Waals surface area contributed by atoms with E-state index in [1.54, 1.807) is 42.5 Å². The van der Waals surface area contributed by atoms with Crippen molar-refractivity contribution >= 4 is 35.2 Å². The first-order valence-corrected chi connectivity index (χ1v) is 7.29. The van der Waals surface area contributed by atoms with Gasteiger partial charge in [0, 0.05) is 5.02 Å². The topological polar surface area (TPSA) is 79.2 Å². The van der Waals surface area contributed by atoms with Crippen LogP contribution in [0.2, 0.25) is 5.02 Å². The number of methoxy groups -OCH3 is 1. The predicted octanol–water partition coefficient (Wildman–Crippen LogP) is 3.67. The molecule has 120 valence electrons. The van der Waals surface area contributed by atoms with E-state index in [1.807, 2.05) is 6.07 Å². The molecular formula is C18H13ClN2O3. The fourth-order valence-electron chi connectivity index (χ4n) is 1.97. The highest BCUT2D eigenvalue weighted by Crippen LogP contribution is 2.20. The van der Waals surface area contributed by atoms with Crippen LogP contribution in [0.3, 0.4) is 0 Å². The summed E-state index contributed by atoms with van der Waals surface area (Å²) in [5, 5.41) is 12.2. The third-order valence-corrected chi connectivity index (χ3v) is 3.49. The molecular weight excluding hydrogens is 328 g/mol. The lowest BCUT2D eigenvalue weighted by molar-refractivity contribution is -0.112. The number of carbonyl (C=O) groups is 2. The molecule has 24 heavy (non-hydrogen) atoms. The van der Waals surface area contributed by atoms with Crippen molar-refractivity contribution in [2.24, 2.45) is 0 Å². The molecule has 0 heterocycles. The zero-order chi connectivity index (χ0) is 17.5. The quantitative estimate of drug-likeness (QED) is 0.523. The zero-order valence-corrected chi connectivity index (χ0v) is 13.5. The van der Waals surface area contributed by atoms with Crippen LogP contribution in [0.1, 0.15) is 15.9 Å². The number of carbonyl (C=O) groups excluding carboxylic acids is 2. The van der Waals surface area contributed by atoms with Crippen molar-refractivity contribution in [3.63, 3.8) is 0 Å². The van der Waals surface area contributed by atoms with Crippen molar-refractivity contribution in [1.82, 2.24) is 0 Å². The van der Waals surface area contributed by atoms with Gasteiger partial charge >= 0.3 is 5.97 Å². The standard InChI is InChI=1S/C18H13ClN2O3/c1-24-18(23)14-7-3-5-9-16(14)21-17(22)13(11-20)10-12-6-2-4-8-15(12)19/h2-10H,1H3,(H,21,22). The molecule has 0 atom stereocenters. The fraction of sp³-hybridized carbons (Fsp3) is 0.0556. The summed E-state index contributed by atoms with van der Waals surface area (Å²) in [6, 6.07) is 15.1. The molecule has 0 bridgehead atoms. The number of nitrogens with one attached hydrogen (secondary N) is 1. The van der Waals surface area contributed by atoms with E-state index in [-0.39, 0.29) is 16.8 Å². The van der Waals surface area contributed by atoms with E-state index < -0.39 is 11.9 Å². The van der Waals surface area contributed by atoms with E-state index in [0.717, 1.165) is 0 Å². The molecule has 6 heteroatoms. The number of hydrogen-bond acceptors (Lipinski definition) is 4. The van der Waals surface area contributed by atoms with Gasteiger partial charge in [0.25, 0.3) is 5.91 Å². The number of ether oxygens (including phenoxy) is 1. The number of para-hydroxylation sites is 1. The van der Waals surface area contributed by atoms with Crippen molar-refractivity contribution in [2.45, 2.75) is 0 Å². The molecule has 0 radical (unpaired) electrons. The molecule has 0 unspecified atom stereocenters. The second kappa shape index (κ2) is 7.95. The van der Waals surface area contributed by atoms with E-state index >= 15 is 0 Å². The second-order valence-electron chi connectivity index (χ2n) is 4.68. The number of amides is 1. The average Bonchev–Trinajstić information content (AvgIpc) is 2.60. The number of halogens is 1. The Morgan fingerprint density at radius 2 is 1.83 bits per heavy atom. The number of hydrogen-bond donors (Lipinski definition) is 1. The van der Waals surface area contributed by atoms with Crippen LogP contribution in [0.4, 0.5) is 5.69 Å². The summed E-state index contributed by atoms with van der Waals surface area (Å²) in [7, 11) is 1.25. The molecule has 0 aliphatic rings. The number of benzene rings is 2. The summed E-state index contributed by atoms with van der Waals surface area (Å²) >= 11 is 6.03. The van der Waals surface area contributed by atoms with Gasteiger partial charge in [-0.2, -0.15) is 5.26 Å². The van der Waals surface area contributed by atoms with Gasteiger partial charge in [-0.1, -0.05) is 41.9 Å². The largest absolute Gasteiger partial charge is 0.465 e. The molecule has 0 saturated heterocycles.